The highest BCUT2D eigenvalue weighted by Gasteiger charge is 2.32. The average Bonchev–Trinajstić information content (AvgIpc) is 3.02. The summed E-state index contributed by atoms with van der Waals surface area (Å²) in [7, 11) is -6.33. The minimum Gasteiger partial charge on any atom is -0.468 e. The van der Waals surface area contributed by atoms with Crippen molar-refractivity contribution in [2.24, 2.45) is 0 Å². The van der Waals surface area contributed by atoms with Crippen LogP contribution in [0.1, 0.15) is 11.0 Å². The Labute approximate surface area is 129 Å². The van der Waals surface area contributed by atoms with Crippen molar-refractivity contribution in [2.45, 2.75) is 10.1 Å². The minimum absolute atomic E-state index is 0.0973. The first-order valence-corrected chi connectivity index (χ1v) is 9.40. The van der Waals surface area contributed by atoms with Gasteiger partial charge in [-0.15, -0.1) is 0 Å². The van der Waals surface area contributed by atoms with E-state index in [4.69, 9.17) is 4.42 Å². The van der Waals surface area contributed by atoms with E-state index in [9.17, 15) is 16.8 Å². The van der Waals surface area contributed by atoms with Gasteiger partial charge in [-0.1, -0.05) is 18.2 Å². The van der Waals surface area contributed by atoms with Gasteiger partial charge in [-0.25, -0.2) is 17.9 Å². The first-order chi connectivity index (χ1) is 10.4. The summed E-state index contributed by atoms with van der Waals surface area (Å²) >= 11 is 0. The maximum Gasteiger partial charge on any atom is 0.276 e. The van der Waals surface area contributed by atoms with Gasteiger partial charge >= 0.3 is 0 Å². The van der Waals surface area contributed by atoms with Crippen LogP contribution in [0.4, 0.5) is 0 Å². The van der Waals surface area contributed by atoms with Gasteiger partial charge in [0.2, 0.25) is 0 Å². The molecule has 0 amide bonds. The first kappa shape index (κ1) is 16.7. The standard InChI is InChI=1S/C13H16N2O5S2/c1-14-22(18,19)15-10-13(12-8-5-9-20-12)21(16,17)11-6-3-2-4-7-11/h2-9,13-15H,10H2,1H3. The minimum atomic E-state index is -3.80. The topological polar surface area (TPSA) is 105 Å². The number of furan rings is 1. The van der Waals surface area contributed by atoms with E-state index in [1.807, 2.05) is 0 Å². The maximum atomic E-state index is 12.7. The van der Waals surface area contributed by atoms with Gasteiger partial charge in [0.15, 0.2) is 9.84 Å². The summed E-state index contributed by atoms with van der Waals surface area (Å²) in [4.78, 5) is 0.0973. The van der Waals surface area contributed by atoms with Crippen molar-refractivity contribution in [1.82, 2.24) is 9.44 Å². The van der Waals surface area contributed by atoms with Gasteiger partial charge < -0.3 is 4.42 Å². The summed E-state index contributed by atoms with van der Waals surface area (Å²) in [6, 6.07) is 10.9. The lowest BCUT2D eigenvalue weighted by atomic mass is 10.3. The molecule has 2 rings (SSSR count). The van der Waals surface area contributed by atoms with E-state index in [1.54, 1.807) is 24.3 Å². The fourth-order valence-electron chi connectivity index (χ4n) is 1.87. The molecule has 0 saturated heterocycles. The summed E-state index contributed by atoms with van der Waals surface area (Å²) in [6.07, 6.45) is 1.34. The van der Waals surface area contributed by atoms with E-state index in [0.717, 1.165) is 0 Å². The molecule has 0 fully saturated rings. The van der Waals surface area contributed by atoms with Gasteiger partial charge in [0, 0.05) is 13.6 Å². The molecule has 0 radical (unpaired) electrons. The second-order valence-corrected chi connectivity index (χ2v) is 8.25. The van der Waals surface area contributed by atoms with Gasteiger partial charge in [-0.3, -0.25) is 0 Å². The quantitative estimate of drug-likeness (QED) is 0.774. The molecule has 9 heteroatoms. The van der Waals surface area contributed by atoms with Crippen LogP contribution in [0.3, 0.4) is 0 Å². The molecule has 0 aliphatic rings. The molecule has 1 heterocycles. The number of benzene rings is 1. The van der Waals surface area contributed by atoms with Crippen LogP contribution in [0.25, 0.3) is 0 Å². The molecule has 0 saturated carbocycles. The van der Waals surface area contributed by atoms with Crippen molar-refractivity contribution in [3.8, 4) is 0 Å². The van der Waals surface area contributed by atoms with Crippen LogP contribution in [0, 0.1) is 0 Å². The van der Waals surface area contributed by atoms with E-state index in [0.29, 0.717) is 0 Å². The van der Waals surface area contributed by atoms with Gasteiger partial charge in [0.05, 0.1) is 11.2 Å². The highest BCUT2D eigenvalue weighted by Crippen LogP contribution is 2.28. The van der Waals surface area contributed by atoms with Gasteiger partial charge in [-0.2, -0.15) is 8.42 Å². The Bertz CT molecular complexity index is 799. The second-order valence-electron chi connectivity index (χ2n) is 4.42. The lowest BCUT2D eigenvalue weighted by molar-refractivity contribution is 0.486. The van der Waals surface area contributed by atoms with Crippen LogP contribution < -0.4 is 9.44 Å². The molecule has 1 atom stereocenters. The maximum absolute atomic E-state index is 12.7. The summed E-state index contributed by atoms with van der Waals surface area (Å²) in [5.41, 5.74) is 0. The van der Waals surface area contributed by atoms with Crippen molar-refractivity contribution in [3.63, 3.8) is 0 Å². The van der Waals surface area contributed by atoms with Gasteiger partial charge in [0.25, 0.3) is 10.2 Å². The van der Waals surface area contributed by atoms with E-state index in [1.165, 1.54) is 31.5 Å². The zero-order valence-electron chi connectivity index (χ0n) is 11.8. The number of nitrogens with one attached hydrogen (secondary N) is 2. The molecule has 2 N–H and O–H groups in total. The highest BCUT2D eigenvalue weighted by atomic mass is 32.2. The summed E-state index contributed by atoms with van der Waals surface area (Å²) in [6.45, 7) is -0.339. The normalized spacial score (nSPS) is 13.9. The molecular formula is C13H16N2O5S2. The Morgan fingerprint density at radius 3 is 2.27 bits per heavy atom. The van der Waals surface area contributed by atoms with E-state index in [-0.39, 0.29) is 17.2 Å². The van der Waals surface area contributed by atoms with Crippen LogP contribution in [0.15, 0.2) is 58.0 Å². The Hall–Kier alpha value is -1.68. The molecule has 0 bridgehead atoms. The SMILES string of the molecule is CNS(=O)(=O)NCC(c1ccco1)S(=O)(=O)c1ccccc1. The first-order valence-electron chi connectivity index (χ1n) is 6.37. The molecule has 0 aliphatic heterocycles. The fraction of sp³-hybridized carbons (Fsp3) is 0.231. The van der Waals surface area contributed by atoms with Gasteiger partial charge in [-0.05, 0) is 24.3 Å². The van der Waals surface area contributed by atoms with Crippen LogP contribution in [0.2, 0.25) is 0 Å². The fourth-order valence-corrected chi connectivity index (χ4v) is 4.11. The molecule has 22 heavy (non-hydrogen) atoms. The Kier molecular flexibility index (Phi) is 5.01. The largest absolute Gasteiger partial charge is 0.468 e. The zero-order chi connectivity index (χ0) is 16.2. The number of rotatable bonds is 7. The molecule has 120 valence electrons. The molecule has 7 nitrogen and oxygen atoms in total. The number of hydrogen-bond acceptors (Lipinski definition) is 5. The second kappa shape index (κ2) is 6.61. The summed E-state index contributed by atoms with van der Waals surface area (Å²) < 4.78 is 57.9. The Morgan fingerprint density at radius 2 is 1.73 bits per heavy atom. The monoisotopic (exact) mass is 344 g/mol. The van der Waals surface area contributed by atoms with Crippen molar-refractivity contribution >= 4 is 20.0 Å². The molecule has 1 aromatic carbocycles. The Morgan fingerprint density at radius 1 is 1.05 bits per heavy atom. The third-order valence-electron chi connectivity index (χ3n) is 3.03. The van der Waals surface area contributed by atoms with Crippen LogP contribution >= 0.6 is 0 Å². The van der Waals surface area contributed by atoms with Crippen molar-refractivity contribution in [2.75, 3.05) is 13.6 Å². The van der Waals surface area contributed by atoms with Crippen LogP contribution in [0.5, 0.6) is 0 Å². The van der Waals surface area contributed by atoms with Crippen molar-refractivity contribution in [1.29, 1.82) is 0 Å². The molecule has 0 spiro atoms. The highest BCUT2D eigenvalue weighted by molar-refractivity contribution is 7.91. The smallest absolute Gasteiger partial charge is 0.276 e. The molecule has 2 aromatic rings. The predicted octanol–water partition coefficient (Wildman–Crippen LogP) is 0.848. The third-order valence-corrected chi connectivity index (χ3v) is 6.20. The van der Waals surface area contributed by atoms with E-state index >= 15 is 0 Å². The Balaban J connectivity index is 2.38. The van der Waals surface area contributed by atoms with E-state index in [2.05, 4.69) is 9.44 Å². The van der Waals surface area contributed by atoms with Crippen LogP contribution in [-0.2, 0) is 20.0 Å². The lowest BCUT2D eigenvalue weighted by Crippen LogP contribution is -2.38. The predicted molar refractivity (Wildman–Crippen MR) is 81.1 cm³/mol. The summed E-state index contributed by atoms with van der Waals surface area (Å²) in [5, 5.41) is -1.16. The molecule has 1 aromatic heterocycles. The van der Waals surface area contributed by atoms with Crippen molar-refractivity contribution in [3.05, 3.63) is 54.5 Å². The number of sulfone groups is 1. The zero-order valence-corrected chi connectivity index (χ0v) is 13.4. The van der Waals surface area contributed by atoms with Crippen LogP contribution in [-0.4, -0.2) is 30.4 Å². The molecule has 1 unspecified atom stereocenters. The number of hydrogen-bond donors (Lipinski definition) is 2. The molecule has 0 aliphatic carbocycles. The molecular weight excluding hydrogens is 328 g/mol. The van der Waals surface area contributed by atoms with Crippen molar-refractivity contribution < 1.29 is 21.3 Å². The van der Waals surface area contributed by atoms with E-state index < -0.39 is 25.3 Å². The lowest BCUT2D eigenvalue weighted by Gasteiger charge is -2.16. The third kappa shape index (κ3) is 3.74. The summed E-state index contributed by atoms with van der Waals surface area (Å²) in [5.74, 6) is 0.169. The van der Waals surface area contributed by atoms with Gasteiger partial charge in [0.1, 0.15) is 11.0 Å². The average molecular weight is 344 g/mol.